The van der Waals surface area contributed by atoms with E-state index < -0.39 is 0 Å². The van der Waals surface area contributed by atoms with Crippen LogP contribution in [0.5, 0.6) is 0 Å². The van der Waals surface area contributed by atoms with Gasteiger partial charge in [-0.1, -0.05) is 19.9 Å². The number of nitrogens with one attached hydrogen (secondary N) is 2. The van der Waals surface area contributed by atoms with Crippen molar-refractivity contribution in [1.29, 1.82) is 0 Å². The molecular weight excluding hydrogens is 316 g/mol. The first-order valence-electron chi connectivity index (χ1n) is 9.40. The van der Waals surface area contributed by atoms with Crippen molar-refractivity contribution in [1.82, 2.24) is 15.6 Å². The number of pyridine rings is 1. The molecule has 1 aromatic heterocycles. The van der Waals surface area contributed by atoms with E-state index in [2.05, 4.69) is 34.4 Å². The van der Waals surface area contributed by atoms with E-state index in [9.17, 15) is 4.79 Å². The number of fused-ring (bicyclic) bond motifs is 1. The van der Waals surface area contributed by atoms with Crippen LogP contribution in [-0.2, 0) is 4.74 Å². The van der Waals surface area contributed by atoms with Crippen molar-refractivity contribution in [3.63, 3.8) is 0 Å². The highest BCUT2D eigenvalue weighted by molar-refractivity contribution is 5.75. The van der Waals surface area contributed by atoms with E-state index in [0.717, 1.165) is 44.8 Å². The van der Waals surface area contributed by atoms with Crippen LogP contribution in [-0.4, -0.2) is 48.9 Å². The fraction of sp³-hybridized carbons (Fsp3) is 0.684. The predicted molar refractivity (Wildman–Crippen MR) is 96.6 cm³/mol. The lowest BCUT2D eigenvalue weighted by Crippen LogP contribution is -2.68. The molecule has 0 unspecified atom stereocenters. The molecule has 4 rings (SSSR count). The summed E-state index contributed by atoms with van der Waals surface area (Å²) in [6.45, 7) is 7.06. The lowest BCUT2D eigenvalue weighted by atomic mass is 9.57. The summed E-state index contributed by atoms with van der Waals surface area (Å²) >= 11 is 0. The second kappa shape index (κ2) is 6.48. The van der Waals surface area contributed by atoms with Gasteiger partial charge in [-0.2, -0.15) is 0 Å². The normalized spacial score (nSPS) is 31.1. The maximum absolute atomic E-state index is 12.5. The minimum absolute atomic E-state index is 0.0280. The van der Waals surface area contributed by atoms with Crippen LogP contribution in [0.4, 0.5) is 10.6 Å². The molecule has 136 valence electrons. The number of aromatic nitrogens is 1. The Bertz CT molecular complexity index is 613. The number of amides is 2. The van der Waals surface area contributed by atoms with Crippen molar-refractivity contribution in [3.05, 3.63) is 24.4 Å². The molecule has 2 amide bonds. The Kier molecular flexibility index (Phi) is 4.31. The molecule has 6 heteroatoms. The summed E-state index contributed by atoms with van der Waals surface area (Å²) in [5.74, 6) is 1.50. The standard InChI is InChI=1S/C19H28N4O2/c1-19(2)16(14-8-12-25-17(14)19)22-18(24)21-13-6-10-23(11-7-13)15-5-3-4-9-20-15/h3-5,9,13-14,16-17H,6-8,10-12H2,1-2H3,(H2,21,22,24)/t14-,16-,17+/m1/s1. The van der Waals surface area contributed by atoms with Gasteiger partial charge in [0.2, 0.25) is 0 Å². The van der Waals surface area contributed by atoms with E-state index >= 15 is 0 Å². The molecule has 1 aromatic rings. The zero-order chi connectivity index (χ0) is 17.4. The fourth-order valence-corrected chi connectivity index (χ4v) is 4.78. The third-order valence-electron chi connectivity index (χ3n) is 6.19. The van der Waals surface area contributed by atoms with E-state index in [1.54, 1.807) is 0 Å². The van der Waals surface area contributed by atoms with Crippen molar-refractivity contribution < 1.29 is 9.53 Å². The fourth-order valence-electron chi connectivity index (χ4n) is 4.78. The number of rotatable bonds is 3. The summed E-state index contributed by atoms with van der Waals surface area (Å²) in [5, 5.41) is 6.38. The van der Waals surface area contributed by atoms with Gasteiger partial charge in [-0.25, -0.2) is 9.78 Å². The zero-order valence-corrected chi connectivity index (χ0v) is 15.1. The van der Waals surface area contributed by atoms with E-state index in [1.807, 2.05) is 24.4 Å². The summed E-state index contributed by atoms with van der Waals surface area (Å²) in [7, 11) is 0. The lowest BCUT2D eigenvalue weighted by Gasteiger charge is -2.54. The third kappa shape index (κ3) is 3.08. The van der Waals surface area contributed by atoms with Crippen LogP contribution in [0.25, 0.3) is 0 Å². The maximum Gasteiger partial charge on any atom is 0.315 e. The average molecular weight is 344 g/mol. The van der Waals surface area contributed by atoms with Crippen molar-refractivity contribution in [3.8, 4) is 0 Å². The number of nitrogens with zero attached hydrogens (tertiary/aromatic N) is 2. The van der Waals surface area contributed by atoms with Crippen LogP contribution in [0.15, 0.2) is 24.4 Å². The molecule has 0 bridgehead atoms. The lowest BCUT2D eigenvalue weighted by molar-refractivity contribution is -0.108. The van der Waals surface area contributed by atoms with Crippen LogP contribution < -0.4 is 15.5 Å². The Morgan fingerprint density at radius 2 is 2.04 bits per heavy atom. The molecule has 25 heavy (non-hydrogen) atoms. The van der Waals surface area contributed by atoms with E-state index in [4.69, 9.17) is 4.74 Å². The van der Waals surface area contributed by atoms with Gasteiger partial charge < -0.3 is 20.3 Å². The van der Waals surface area contributed by atoms with Gasteiger partial charge in [0, 0.05) is 49.3 Å². The monoisotopic (exact) mass is 344 g/mol. The Balaban J connectivity index is 1.26. The first-order chi connectivity index (χ1) is 12.1. The summed E-state index contributed by atoms with van der Waals surface area (Å²) < 4.78 is 5.80. The molecule has 0 spiro atoms. The molecule has 3 fully saturated rings. The van der Waals surface area contributed by atoms with Gasteiger partial charge in [0.25, 0.3) is 0 Å². The molecule has 1 saturated carbocycles. The molecule has 2 aliphatic heterocycles. The Morgan fingerprint density at radius 3 is 2.76 bits per heavy atom. The molecule has 0 radical (unpaired) electrons. The van der Waals surface area contributed by atoms with E-state index in [-0.39, 0.29) is 23.5 Å². The molecular formula is C19H28N4O2. The average Bonchev–Trinajstić information content (AvgIpc) is 3.08. The second-order valence-corrected chi connectivity index (χ2v) is 8.11. The number of hydrogen-bond acceptors (Lipinski definition) is 4. The largest absolute Gasteiger partial charge is 0.377 e. The predicted octanol–water partition coefficient (Wildman–Crippen LogP) is 2.16. The topological polar surface area (TPSA) is 66.5 Å². The van der Waals surface area contributed by atoms with E-state index in [0.29, 0.717) is 12.0 Å². The number of carbonyl (C=O) groups is 1. The molecule has 2 N–H and O–H groups in total. The molecule has 0 aromatic carbocycles. The van der Waals surface area contributed by atoms with Crippen molar-refractivity contribution in [2.75, 3.05) is 24.6 Å². The number of anilines is 1. The minimum Gasteiger partial charge on any atom is -0.377 e. The molecule has 3 aliphatic rings. The van der Waals surface area contributed by atoms with Crippen molar-refractivity contribution in [2.24, 2.45) is 11.3 Å². The SMILES string of the molecule is CC1(C)[C@H](NC(=O)NC2CCN(c3ccccn3)CC2)[C@H]2CCO[C@@H]21. The number of hydrogen-bond donors (Lipinski definition) is 2. The highest BCUT2D eigenvalue weighted by Crippen LogP contribution is 2.52. The van der Waals surface area contributed by atoms with Crippen molar-refractivity contribution >= 4 is 11.8 Å². The second-order valence-electron chi connectivity index (χ2n) is 8.11. The van der Waals surface area contributed by atoms with Gasteiger partial charge >= 0.3 is 6.03 Å². The maximum atomic E-state index is 12.5. The highest BCUT2D eigenvalue weighted by Gasteiger charge is 2.59. The Labute approximate surface area is 149 Å². The molecule has 6 nitrogen and oxygen atoms in total. The summed E-state index contributed by atoms with van der Waals surface area (Å²) in [6.07, 6.45) is 5.09. The Hall–Kier alpha value is -1.82. The minimum atomic E-state index is -0.0280. The zero-order valence-electron chi connectivity index (χ0n) is 15.1. The van der Waals surface area contributed by atoms with E-state index in [1.165, 1.54) is 0 Å². The van der Waals surface area contributed by atoms with Crippen LogP contribution in [0.2, 0.25) is 0 Å². The van der Waals surface area contributed by atoms with Gasteiger partial charge in [-0.05, 0) is 31.4 Å². The van der Waals surface area contributed by atoms with Crippen LogP contribution in [0.1, 0.15) is 33.1 Å². The number of piperidine rings is 1. The summed E-state index contributed by atoms with van der Waals surface area (Å²) in [6, 6.07) is 6.41. The van der Waals surface area contributed by atoms with Gasteiger partial charge in [0.05, 0.1) is 6.10 Å². The number of urea groups is 1. The number of carbonyl (C=O) groups excluding carboxylic acids is 1. The van der Waals surface area contributed by atoms with Gasteiger partial charge in [0.15, 0.2) is 0 Å². The van der Waals surface area contributed by atoms with Crippen LogP contribution >= 0.6 is 0 Å². The van der Waals surface area contributed by atoms with Crippen LogP contribution in [0, 0.1) is 11.3 Å². The quantitative estimate of drug-likeness (QED) is 0.882. The van der Waals surface area contributed by atoms with Crippen LogP contribution in [0.3, 0.4) is 0 Å². The smallest absolute Gasteiger partial charge is 0.315 e. The number of ether oxygens (including phenoxy) is 1. The molecule has 3 atom stereocenters. The summed E-state index contributed by atoms with van der Waals surface area (Å²) in [4.78, 5) is 19.1. The third-order valence-corrected chi connectivity index (χ3v) is 6.19. The highest BCUT2D eigenvalue weighted by atomic mass is 16.5. The van der Waals surface area contributed by atoms with Gasteiger partial charge in [0.1, 0.15) is 5.82 Å². The summed E-state index contributed by atoms with van der Waals surface area (Å²) in [5.41, 5.74) is 0.0286. The first-order valence-corrected chi connectivity index (χ1v) is 9.40. The van der Waals surface area contributed by atoms with Crippen molar-refractivity contribution in [2.45, 2.75) is 51.3 Å². The molecule has 2 saturated heterocycles. The first kappa shape index (κ1) is 16.6. The van der Waals surface area contributed by atoms with Gasteiger partial charge in [-0.15, -0.1) is 0 Å². The Morgan fingerprint density at radius 1 is 1.24 bits per heavy atom. The molecule has 3 heterocycles. The molecule has 1 aliphatic carbocycles. The van der Waals surface area contributed by atoms with Gasteiger partial charge in [-0.3, -0.25) is 0 Å².